The van der Waals surface area contributed by atoms with E-state index >= 15 is 0 Å². The average molecular weight is 485 g/mol. The molecule has 0 aliphatic carbocycles. The molecule has 0 unspecified atom stereocenters. The van der Waals surface area contributed by atoms with Gasteiger partial charge in [0.15, 0.2) is 0 Å². The molecule has 3 aromatic rings. The summed E-state index contributed by atoms with van der Waals surface area (Å²) in [7, 11) is 0. The van der Waals surface area contributed by atoms with E-state index in [2.05, 4.69) is 15.8 Å². The topological polar surface area (TPSA) is 157 Å². The molecule has 0 heterocycles. The quantitative estimate of drug-likeness (QED) is 0.201. The summed E-state index contributed by atoms with van der Waals surface area (Å²) >= 11 is 0. The molecule has 36 heavy (non-hydrogen) atoms. The van der Waals surface area contributed by atoms with E-state index < -0.39 is 21.7 Å². The molecule has 0 fully saturated rings. The number of nitrogens with zero attached hydrogens (tertiary/aromatic N) is 3. The molecule has 0 aliphatic heterocycles. The maximum absolute atomic E-state index is 12.7. The standard InChI is InChI=1S/C25H19N5O6/c31-24(20-8-2-1-3-9-20)27-22(17-18-12-14-21(15-13-18)29(33)34)25(32)28-26-16-6-10-19-7-4-5-11-23(19)30(35)36/h1-17H,(H,27,31)(H,28,32)/b10-6+,22-17+,26-16-. The van der Waals surface area contributed by atoms with Gasteiger partial charge in [-0.05, 0) is 54.1 Å². The van der Waals surface area contributed by atoms with Crippen molar-refractivity contribution in [2.24, 2.45) is 5.10 Å². The summed E-state index contributed by atoms with van der Waals surface area (Å²) in [6, 6.07) is 19.7. The van der Waals surface area contributed by atoms with Crippen LogP contribution in [0.15, 0.2) is 95.7 Å². The third-order valence-electron chi connectivity index (χ3n) is 4.68. The number of benzene rings is 3. The minimum atomic E-state index is -0.757. The lowest BCUT2D eigenvalue weighted by molar-refractivity contribution is -0.385. The molecule has 0 aromatic heterocycles. The summed E-state index contributed by atoms with van der Waals surface area (Å²) in [5.74, 6) is -1.30. The van der Waals surface area contributed by atoms with Gasteiger partial charge in [-0.2, -0.15) is 5.10 Å². The summed E-state index contributed by atoms with van der Waals surface area (Å²) in [4.78, 5) is 46.2. The molecule has 2 N–H and O–H groups in total. The number of allylic oxidation sites excluding steroid dienone is 1. The third kappa shape index (κ3) is 7.02. The molecule has 0 saturated heterocycles. The van der Waals surface area contributed by atoms with Gasteiger partial charge < -0.3 is 5.32 Å². The first-order valence-electron chi connectivity index (χ1n) is 10.4. The van der Waals surface area contributed by atoms with E-state index in [0.717, 1.165) is 0 Å². The van der Waals surface area contributed by atoms with Gasteiger partial charge in [0.25, 0.3) is 23.2 Å². The van der Waals surface area contributed by atoms with Gasteiger partial charge in [0, 0.05) is 30.0 Å². The number of hydrogen-bond acceptors (Lipinski definition) is 7. The Bertz CT molecular complexity index is 1370. The Morgan fingerprint density at radius 1 is 0.833 bits per heavy atom. The Kier molecular flexibility index (Phi) is 8.49. The van der Waals surface area contributed by atoms with Crippen molar-refractivity contribution in [2.45, 2.75) is 0 Å². The fourth-order valence-electron chi connectivity index (χ4n) is 2.94. The smallest absolute Gasteiger partial charge is 0.287 e. The normalized spacial score (nSPS) is 11.4. The van der Waals surface area contributed by atoms with Crippen molar-refractivity contribution < 1.29 is 19.4 Å². The number of nitrogens with one attached hydrogen (secondary N) is 2. The molecule has 0 atom stereocenters. The fourth-order valence-corrected chi connectivity index (χ4v) is 2.94. The van der Waals surface area contributed by atoms with Crippen molar-refractivity contribution in [1.82, 2.24) is 10.7 Å². The highest BCUT2D eigenvalue weighted by atomic mass is 16.6. The monoisotopic (exact) mass is 485 g/mol. The van der Waals surface area contributed by atoms with Crippen LogP contribution in [0.4, 0.5) is 11.4 Å². The van der Waals surface area contributed by atoms with Crippen molar-refractivity contribution in [2.75, 3.05) is 0 Å². The van der Waals surface area contributed by atoms with Crippen LogP contribution >= 0.6 is 0 Å². The Labute approximate surface area is 204 Å². The summed E-state index contributed by atoms with van der Waals surface area (Å²) in [6.45, 7) is 0. The van der Waals surface area contributed by atoms with Gasteiger partial charge >= 0.3 is 0 Å². The predicted octanol–water partition coefficient (Wildman–Crippen LogP) is 4.09. The summed E-state index contributed by atoms with van der Waals surface area (Å²) in [5, 5.41) is 28.2. The van der Waals surface area contributed by atoms with E-state index in [4.69, 9.17) is 0 Å². The molecule has 11 nitrogen and oxygen atoms in total. The number of amides is 2. The minimum Gasteiger partial charge on any atom is -0.317 e. The Hall–Kier alpha value is -5.45. The van der Waals surface area contributed by atoms with Crippen molar-refractivity contribution in [1.29, 1.82) is 0 Å². The Balaban J connectivity index is 1.77. The van der Waals surface area contributed by atoms with Crippen molar-refractivity contribution in [3.05, 3.63) is 128 Å². The first-order chi connectivity index (χ1) is 17.3. The minimum absolute atomic E-state index is 0.0804. The molecular formula is C25H19N5O6. The number of rotatable bonds is 9. The molecule has 2 amide bonds. The van der Waals surface area contributed by atoms with Crippen LogP contribution in [-0.2, 0) is 4.79 Å². The number of non-ortho nitro benzene ring substituents is 1. The van der Waals surface area contributed by atoms with Gasteiger partial charge in [0.1, 0.15) is 5.70 Å². The molecule has 180 valence electrons. The lowest BCUT2D eigenvalue weighted by atomic mass is 10.1. The lowest BCUT2D eigenvalue weighted by Gasteiger charge is -2.09. The van der Waals surface area contributed by atoms with E-state index in [9.17, 15) is 29.8 Å². The van der Waals surface area contributed by atoms with Crippen molar-refractivity contribution >= 4 is 41.6 Å². The molecule has 0 spiro atoms. The fraction of sp³-hybridized carbons (Fsp3) is 0. The zero-order chi connectivity index (χ0) is 25.9. The lowest BCUT2D eigenvalue weighted by Crippen LogP contribution is -2.32. The van der Waals surface area contributed by atoms with Crippen molar-refractivity contribution in [3.63, 3.8) is 0 Å². The van der Waals surface area contributed by atoms with Crippen LogP contribution in [0.25, 0.3) is 12.2 Å². The second-order valence-corrected chi connectivity index (χ2v) is 7.12. The van der Waals surface area contributed by atoms with E-state index in [-0.39, 0.29) is 17.1 Å². The molecule has 3 aromatic carbocycles. The average Bonchev–Trinajstić information content (AvgIpc) is 2.89. The number of carbonyl (C=O) groups excluding carboxylic acids is 2. The first kappa shape index (κ1) is 25.2. The number of para-hydroxylation sites is 1. The maximum atomic E-state index is 12.7. The molecule has 11 heteroatoms. The van der Waals surface area contributed by atoms with Gasteiger partial charge in [0.2, 0.25) is 0 Å². The third-order valence-corrected chi connectivity index (χ3v) is 4.68. The molecule has 0 saturated carbocycles. The predicted molar refractivity (Wildman–Crippen MR) is 134 cm³/mol. The molecular weight excluding hydrogens is 466 g/mol. The maximum Gasteiger partial charge on any atom is 0.287 e. The van der Waals surface area contributed by atoms with Gasteiger partial charge in [-0.25, -0.2) is 5.43 Å². The number of nitro groups is 2. The summed E-state index contributed by atoms with van der Waals surface area (Å²) in [6.07, 6.45) is 5.43. The number of hydrazone groups is 1. The zero-order valence-corrected chi connectivity index (χ0v) is 18.6. The van der Waals surface area contributed by atoms with Crippen LogP contribution in [0, 0.1) is 20.2 Å². The van der Waals surface area contributed by atoms with Crippen LogP contribution in [0.2, 0.25) is 0 Å². The largest absolute Gasteiger partial charge is 0.317 e. The summed E-state index contributed by atoms with van der Waals surface area (Å²) in [5.41, 5.74) is 3.01. The van der Waals surface area contributed by atoms with Crippen LogP contribution < -0.4 is 10.7 Å². The highest BCUT2D eigenvalue weighted by Crippen LogP contribution is 2.18. The van der Waals surface area contributed by atoms with Gasteiger partial charge in [0.05, 0.1) is 15.4 Å². The SMILES string of the molecule is O=C(N/N=C\C=C\c1ccccc1[N+](=O)[O-])/C(=C\c1ccc([N+](=O)[O-])cc1)NC(=O)c1ccccc1. The first-order valence-corrected chi connectivity index (χ1v) is 10.4. The highest BCUT2D eigenvalue weighted by Gasteiger charge is 2.15. The zero-order valence-electron chi connectivity index (χ0n) is 18.6. The number of carbonyl (C=O) groups is 2. The van der Waals surface area contributed by atoms with Crippen LogP contribution in [0.3, 0.4) is 0 Å². The van der Waals surface area contributed by atoms with Crippen molar-refractivity contribution in [3.8, 4) is 0 Å². The van der Waals surface area contributed by atoms with Crippen LogP contribution in [-0.4, -0.2) is 27.9 Å². The molecule has 3 rings (SSSR count). The van der Waals surface area contributed by atoms with Gasteiger partial charge in [-0.15, -0.1) is 0 Å². The van der Waals surface area contributed by atoms with Gasteiger partial charge in [-0.3, -0.25) is 29.8 Å². The second kappa shape index (κ2) is 12.1. The highest BCUT2D eigenvalue weighted by molar-refractivity contribution is 6.05. The molecule has 0 bridgehead atoms. The number of hydrogen-bond donors (Lipinski definition) is 2. The van der Waals surface area contributed by atoms with Gasteiger partial charge in [-0.1, -0.05) is 30.3 Å². The Morgan fingerprint density at radius 3 is 2.17 bits per heavy atom. The van der Waals surface area contributed by atoms with E-state index in [1.54, 1.807) is 48.5 Å². The van der Waals surface area contributed by atoms with E-state index in [0.29, 0.717) is 16.7 Å². The molecule has 0 aliphatic rings. The van der Waals surface area contributed by atoms with Crippen LogP contribution in [0.5, 0.6) is 0 Å². The van der Waals surface area contributed by atoms with E-state index in [1.807, 2.05) is 0 Å². The van der Waals surface area contributed by atoms with Crippen LogP contribution in [0.1, 0.15) is 21.5 Å². The van der Waals surface area contributed by atoms with E-state index in [1.165, 1.54) is 54.8 Å². The summed E-state index contributed by atoms with van der Waals surface area (Å²) < 4.78 is 0. The number of nitro benzene ring substituents is 2. The Morgan fingerprint density at radius 2 is 1.50 bits per heavy atom. The second-order valence-electron chi connectivity index (χ2n) is 7.12. The molecule has 0 radical (unpaired) electrons.